The molecule has 90 valence electrons. The summed E-state index contributed by atoms with van der Waals surface area (Å²) in [6.07, 6.45) is 0. The minimum atomic E-state index is -0.508. The standard InChI is InChI=1S/C13H13F2NS/c1-8-3-4-10(14)12(13(8)15)11-5-9(6-16-2)7-17-11/h3-5,7,16H,6H2,1-2H3. The Morgan fingerprint density at radius 3 is 2.76 bits per heavy atom. The first-order chi connectivity index (χ1) is 8.13. The van der Waals surface area contributed by atoms with Gasteiger partial charge >= 0.3 is 0 Å². The van der Waals surface area contributed by atoms with Gasteiger partial charge in [-0.3, -0.25) is 0 Å². The van der Waals surface area contributed by atoms with Gasteiger partial charge in [-0.15, -0.1) is 11.3 Å². The topological polar surface area (TPSA) is 12.0 Å². The summed E-state index contributed by atoms with van der Waals surface area (Å²) in [6, 6.07) is 4.59. The zero-order valence-corrected chi connectivity index (χ0v) is 10.5. The van der Waals surface area contributed by atoms with E-state index in [0.717, 1.165) is 5.56 Å². The van der Waals surface area contributed by atoms with Crippen LogP contribution in [-0.4, -0.2) is 7.05 Å². The predicted molar refractivity (Wildman–Crippen MR) is 67.2 cm³/mol. The second-order valence-electron chi connectivity index (χ2n) is 3.90. The van der Waals surface area contributed by atoms with Crippen LogP contribution in [0.15, 0.2) is 23.6 Å². The van der Waals surface area contributed by atoms with Gasteiger partial charge in [0.25, 0.3) is 0 Å². The normalized spacial score (nSPS) is 10.8. The molecule has 1 nitrogen and oxygen atoms in total. The van der Waals surface area contributed by atoms with Gasteiger partial charge in [0.05, 0.1) is 5.56 Å². The highest BCUT2D eigenvalue weighted by atomic mass is 32.1. The third kappa shape index (κ3) is 2.37. The van der Waals surface area contributed by atoms with Crippen LogP contribution in [0.4, 0.5) is 8.78 Å². The molecule has 2 aromatic rings. The molecule has 0 saturated carbocycles. The Morgan fingerprint density at radius 1 is 1.29 bits per heavy atom. The fourth-order valence-electron chi connectivity index (χ4n) is 1.69. The maximum atomic E-state index is 13.9. The molecular weight excluding hydrogens is 240 g/mol. The second kappa shape index (κ2) is 4.94. The van der Waals surface area contributed by atoms with E-state index in [1.807, 2.05) is 18.5 Å². The van der Waals surface area contributed by atoms with Gasteiger partial charge in [0.2, 0.25) is 0 Å². The van der Waals surface area contributed by atoms with Gasteiger partial charge in [0, 0.05) is 11.4 Å². The van der Waals surface area contributed by atoms with Crippen LogP contribution in [-0.2, 0) is 6.54 Å². The zero-order chi connectivity index (χ0) is 12.4. The molecule has 1 heterocycles. The molecule has 0 saturated heterocycles. The monoisotopic (exact) mass is 253 g/mol. The molecular formula is C13H13F2NS. The van der Waals surface area contributed by atoms with Gasteiger partial charge in [0.15, 0.2) is 0 Å². The molecule has 0 aliphatic heterocycles. The summed E-state index contributed by atoms with van der Waals surface area (Å²) in [6.45, 7) is 2.34. The molecule has 0 unspecified atom stereocenters. The lowest BCUT2D eigenvalue weighted by Crippen LogP contribution is -2.03. The number of benzene rings is 1. The Labute approximate surface area is 103 Å². The summed E-state index contributed by atoms with van der Waals surface area (Å²) in [5.74, 6) is -0.978. The highest BCUT2D eigenvalue weighted by Gasteiger charge is 2.15. The van der Waals surface area contributed by atoms with E-state index in [0.29, 0.717) is 17.0 Å². The van der Waals surface area contributed by atoms with E-state index in [4.69, 9.17) is 0 Å². The van der Waals surface area contributed by atoms with Gasteiger partial charge in [-0.25, -0.2) is 8.78 Å². The fourth-order valence-corrected chi connectivity index (χ4v) is 2.64. The molecule has 4 heteroatoms. The molecule has 1 aromatic carbocycles. The third-order valence-corrected chi connectivity index (χ3v) is 3.56. The minimum absolute atomic E-state index is 0.0809. The van der Waals surface area contributed by atoms with Crippen molar-refractivity contribution in [1.29, 1.82) is 0 Å². The minimum Gasteiger partial charge on any atom is -0.316 e. The number of halogens is 2. The lowest BCUT2D eigenvalue weighted by molar-refractivity contribution is 0.584. The molecule has 0 amide bonds. The average Bonchev–Trinajstić information content (AvgIpc) is 2.73. The number of rotatable bonds is 3. The molecule has 1 aromatic heterocycles. The SMILES string of the molecule is CNCc1csc(-c2c(F)ccc(C)c2F)c1. The third-order valence-electron chi connectivity index (χ3n) is 2.57. The van der Waals surface area contributed by atoms with Gasteiger partial charge in [-0.2, -0.15) is 0 Å². The number of thiophene rings is 1. The predicted octanol–water partition coefficient (Wildman–Crippen LogP) is 3.72. The average molecular weight is 253 g/mol. The van der Waals surface area contributed by atoms with Crippen LogP contribution >= 0.6 is 11.3 Å². The molecule has 0 aliphatic rings. The van der Waals surface area contributed by atoms with E-state index in [-0.39, 0.29) is 5.56 Å². The summed E-state index contributed by atoms with van der Waals surface area (Å²) >= 11 is 1.36. The van der Waals surface area contributed by atoms with Crippen molar-refractivity contribution < 1.29 is 8.78 Å². The van der Waals surface area contributed by atoms with Crippen molar-refractivity contribution in [3.05, 3.63) is 46.3 Å². The first-order valence-electron chi connectivity index (χ1n) is 5.30. The molecule has 2 rings (SSSR count). The van der Waals surface area contributed by atoms with Crippen LogP contribution in [0.3, 0.4) is 0 Å². The lowest BCUT2D eigenvalue weighted by atomic mass is 10.1. The summed E-state index contributed by atoms with van der Waals surface area (Å²) in [5, 5.41) is 4.92. The van der Waals surface area contributed by atoms with Crippen LogP contribution in [0.25, 0.3) is 10.4 Å². The van der Waals surface area contributed by atoms with Crippen molar-refractivity contribution in [2.45, 2.75) is 13.5 Å². The van der Waals surface area contributed by atoms with Crippen molar-refractivity contribution in [2.75, 3.05) is 7.05 Å². The van der Waals surface area contributed by atoms with Crippen LogP contribution < -0.4 is 5.32 Å². The summed E-state index contributed by atoms with van der Waals surface area (Å²) in [5.41, 5.74) is 1.58. The molecule has 0 radical (unpaired) electrons. The van der Waals surface area contributed by atoms with Crippen LogP contribution in [0.5, 0.6) is 0 Å². The maximum Gasteiger partial charge on any atom is 0.137 e. The van der Waals surface area contributed by atoms with Crippen molar-refractivity contribution in [3.63, 3.8) is 0 Å². The van der Waals surface area contributed by atoms with Crippen molar-refractivity contribution in [3.8, 4) is 10.4 Å². The summed E-state index contributed by atoms with van der Waals surface area (Å²) in [7, 11) is 1.84. The van der Waals surface area contributed by atoms with E-state index in [1.54, 1.807) is 6.92 Å². The molecule has 0 fully saturated rings. The Kier molecular flexibility index (Phi) is 3.54. The summed E-state index contributed by atoms with van der Waals surface area (Å²) in [4.78, 5) is 0.633. The number of hydrogen-bond donors (Lipinski definition) is 1. The fraction of sp³-hybridized carbons (Fsp3) is 0.231. The van der Waals surface area contributed by atoms with Gasteiger partial charge < -0.3 is 5.32 Å². The van der Waals surface area contributed by atoms with Crippen molar-refractivity contribution in [1.82, 2.24) is 5.32 Å². The lowest BCUT2D eigenvalue weighted by Gasteiger charge is -2.04. The van der Waals surface area contributed by atoms with E-state index >= 15 is 0 Å². The Hall–Kier alpha value is -1.26. The highest BCUT2D eigenvalue weighted by Crippen LogP contribution is 2.32. The molecule has 17 heavy (non-hydrogen) atoms. The summed E-state index contributed by atoms with van der Waals surface area (Å²) < 4.78 is 27.6. The van der Waals surface area contributed by atoms with E-state index in [1.165, 1.54) is 23.5 Å². The molecule has 0 atom stereocenters. The Morgan fingerprint density at radius 2 is 2.06 bits per heavy atom. The van der Waals surface area contributed by atoms with Crippen LogP contribution in [0.2, 0.25) is 0 Å². The number of hydrogen-bond acceptors (Lipinski definition) is 2. The highest BCUT2D eigenvalue weighted by molar-refractivity contribution is 7.13. The molecule has 0 aliphatic carbocycles. The maximum absolute atomic E-state index is 13.9. The zero-order valence-electron chi connectivity index (χ0n) is 9.68. The van der Waals surface area contributed by atoms with E-state index in [2.05, 4.69) is 5.32 Å². The van der Waals surface area contributed by atoms with Crippen LogP contribution in [0, 0.1) is 18.6 Å². The van der Waals surface area contributed by atoms with Crippen molar-refractivity contribution in [2.24, 2.45) is 0 Å². The van der Waals surface area contributed by atoms with Crippen LogP contribution in [0.1, 0.15) is 11.1 Å². The largest absolute Gasteiger partial charge is 0.316 e. The molecule has 0 spiro atoms. The van der Waals surface area contributed by atoms with Gasteiger partial charge in [-0.05, 0) is 42.6 Å². The van der Waals surface area contributed by atoms with Gasteiger partial charge in [-0.1, -0.05) is 6.07 Å². The Bertz CT molecular complexity index is 534. The quantitative estimate of drug-likeness (QED) is 0.879. The van der Waals surface area contributed by atoms with Crippen molar-refractivity contribution >= 4 is 11.3 Å². The smallest absolute Gasteiger partial charge is 0.137 e. The van der Waals surface area contributed by atoms with E-state index in [9.17, 15) is 8.78 Å². The first kappa shape index (κ1) is 12.2. The first-order valence-corrected chi connectivity index (χ1v) is 6.18. The van der Waals surface area contributed by atoms with E-state index < -0.39 is 11.6 Å². The second-order valence-corrected chi connectivity index (χ2v) is 4.81. The number of aryl methyl sites for hydroxylation is 1. The Balaban J connectivity index is 2.48. The molecule has 1 N–H and O–H groups in total. The van der Waals surface area contributed by atoms with Gasteiger partial charge in [0.1, 0.15) is 11.6 Å². The number of nitrogens with one attached hydrogen (secondary N) is 1. The molecule has 0 bridgehead atoms.